The highest BCUT2D eigenvalue weighted by molar-refractivity contribution is 5.86. The van der Waals surface area contributed by atoms with Gasteiger partial charge in [0, 0.05) is 12.0 Å². The minimum absolute atomic E-state index is 0.0537. The molecule has 2 aromatic carbocycles. The van der Waals surface area contributed by atoms with Crippen LogP contribution in [0.4, 0.5) is 4.79 Å². The molecule has 0 fully saturated rings. The Balaban J connectivity index is 1.61. The summed E-state index contributed by atoms with van der Waals surface area (Å²) >= 11 is 0. The number of ether oxygens (including phenoxy) is 1. The second-order valence-corrected chi connectivity index (χ2v) is 8.39. The van der Waals surface area contributed by atoms with E-state index in [9.17, 15) is 14.4 Å². The molecule has 7 nitrogen and oxygen atoms in total. The molecule has 0 radical (unpaired) electrons. The standard InChI is InChI=1S/C25H30N2O5/c1-4-21(24(30)26-22(15(2)3)13-23(28)29)27-25(31)32-14-20-18-11-7-5-9-16(18)17-10-6-8-12-19(17)20/h5-12,15,20-22H,4,13-14H2,1-3H3,(H,26,30)(H,27,31)(H,28,29)/t21?,22-/m0/s1. The third-order valence-corrected chi connectivity index (χ3v) is 5.89. The maximum Gasteiger partial charge on any atom is 0.407 e. The zero-order valence-corrected chi connectivity index (χ0v) is 18.6. The van der Waals surface area contributed by atoms with Crippen LogP contribution in [0.1, 0.15) is 50.7 Å². The highest BCUT2D eigenvalue weighted by atomic mass is 16.5. The van der Waals surface area contributed by atoms with Crippen molar-refractivity contribution in [1.29, 1.82) is 0 Å². The molecular formula is C25H30N2O5. The first kappa shape index (κ1) is 23.3. The summed E-state index contributed by atoms with van der Waals surface area (Å²) in [6.07, 6.45) is -0.494. The second kappa shape index (κ2) is 10.3. The van der Waals surface area contributed by atoms with Crippen LogP contribution in [0.2, 0.25) is 0 Å². The van der Waals surface area contributed by atoms with Crippen molar-refractivity contribution in [3.8, 4) is 11.1 Å². The maximum absolute atomic E-state index is 12.6. The number of fused-ring (bicyclic) bond motifs is 3. The summed E-state index contributed by atoms with van der Waals surface area (Å²) in [4.78, 5) is 36.2. The van der Waals surface area contributed by atoms with Crippen LogP contribution in [0.3, 0.4) is 0 Å². The molecule has 7 heteroatoms. The molecule has 1 aliphatic rings. The van der Waals surface area contributed by atoms with E-state index in [-0.39, 0.29) is 24.9 Å². The predicted octanol–water partition coefficient (Wildman–Crippen LogP) is 3.92. The largest absolute Gasteiger partial charge is 0.481 e. The smallest absolute Gasteiger partial charge is 0.407 e. The van der Waals surface area contributed by atoms with Gasteiger partial charge in [0.2, 0.25) is 5.91 Å². The third kappa shape index (κ3) is 5.28. The average Bonchev–Trinajstić information content (AvgIpc) is 3.09. The van der Waals surface area contributed by atoms with Gasteiger partial charge in [0.25, 0.3) is 0 Å². The number of rotatable bonds is 9. The van der Waals surface area contributed by atoms with E-state index >= 15 is 0 Å². The summed E-state index contributed by atoms with van der Waals surface area (Å²) < 4.78 is 5.51. The fraction of sp³-hybridized carbons (Fsp3) is 0.400. The number of hydrogen-bond donors (Lipinski definition) is 3. The first-order valence-corrected chi connectivity index (χ1v) is 11.0. The van der Waals surface area contributed by atoms with Crippen LogP contribution >= 0.6 is 0 Å². The molecule has 0 spiro atoms. The Morgan fingerprint density at radius 3 is 2.03 bits per heavy atom. The minimum Gasteiger partial charge on any atom is -0.481 e. The van der Waals surface area contributed by atoms with Gasteiger partial charge in [-0.2, -0.15) is 0 Å². The number of alkyl carbamates (subject to hydrolysis) is 1. The van der Waals surface area contributed by atoms with E-state index in [4.69, 9.17) is 9.84 Å². The van der Waals surface area contributed by atoms with Crippen LogP contribution in [-0.4, -0.2) is 41.8 Å². The molecular weight excluding hydrogens is 408 g/mol. The quantitative estimate of drug-likeness (QED) is 0.550. The number of carboxylic acid groups (broad SMARTS) is 1. The zero-order valence-electron chi connectivity index (χ0n) is 18.6. The van der Waals surface area contributed by atoms with Gasteiger partial charge in [-0.15, -0.1) is 0 Å². The van der Waals surface area contributed by atoms with Crippen LogP contribution in [0.5, 0.6) is 0 Å². The van der Waals surface area contributed by atoms with Crippen molar-refractivity contribution in [2.45, 2.75) is 51.6 Å². The minimum atomic E-state index is -0.985. The van der Waals surface area contributed by atoms with Crippen molar-refractivity contribution in [3.63, 3.8) is 0 Å². The van der Waals surface area contributed by atoms with Crippen LogP contribution in [0.25, 0.3) is 11.1 Å². The van der Waals surface area contributed by atoms with Crippen molar-refractivity contribution >= 4 is 18.0 Å². The molecule has 170 valence electrons. The molecule has 0 heterocycles. The number of nitrogens with one attached hydrogen (secondary N) is 2. The third-order valence-electron chi connectivity index (χ3n) is 5.89. The fourth-order valence-corrected chi connectivity index (χ4v) is 4.06. The molecule has 0 saturated heterocycles. The Morgan fingerprint density at radius 1 is 0.969 bits per heavy atom. The summed E-state index contributed by atoms with van der Waals surface area (Å²) in [6, 6.07) is 14.8. The molecule has 0 bridgehead atoms. The normalized spacial score (nSPS) is 14.2. The number of hydrogen-bond acceptors (Lipinski definition) is 4. The van der Waals surface area contributed by atoms with E-state index in [1.54, 1.807) is 6.92 Å². The van der Waals surface area contributed by atoms with Gasteiger partial charge in [-0.3, -0.25) is 9.59 Å². The Bertz CT molecular complexity index is 942. The lowest BCUT2D eigenvalue weighted by molar-refractivity contribution is -0.138. The fourth-order valence-electron chi connectivity index (χ4n) is 4.06. The highest BCUT2D eigenvalue weighted by Crippen LogP contribution is 2.44. The second-order valence-electron chi connectivity index (χ2n) is 8.39. The van der Waals surface area contributed by atoms with Crippen LogP contribution in [0, 0.1) is 5.92 Å². The van der Waals surface area contributed by atoms with Gasteiger partial charge >= 0.3 is 12.1 Å². The topological polar surface area (TPSA) is 105 Å². The number of aliphatic carboxylic acids is 1. The van der Waals surface area contributed by atoms with E-state index in [1.165, 1.54) is 0 Å². The van der Waals surface area contributed by atoms with Crippen LogP contribution in [-0.2, 0) is 14.3 Å². The van der Waals surface area contributed by atoms with E-state index in [0.717, 1.165) is 22.3 Å². The molecule has 3 rings (SSSR count). The molecule has 2 aromatic rings. The van der Waals surface area contributed by atoms with Crippen molar-refractivity contribution in [1.82, 2.24) is 10.6 Å². The molecule has 1 unspecified atom stereocenters. The number of amides is 2. The lowest BCUT2D eigenvalue weighted by Crippen LogP contribution is -2.51. The van der Waals surface area contributed by atoms with Gasteiger partial charge in [-0.1, -0.05) is 69.3 Å². The lowest BCUT2D eigenvalue weighted by Gasteiger charge is -2.24. The number of carbonyl (C=O) groups is 3. The molecule has 2 amide bonds. The first-order valence-electron chi connectivity index (χ1n) is 11.0. The number of benzene rings is 2. The number of carboxylic acids is 1. The summed E-state index contributed by atoms with van der Waals surface area (Å²) in [5.41, 5.74) is 4.50. The SMILES string of the molecule is CCC(NC(=O)OCC1c2ccccc2-c2ccccc21)C(=O)N[C@@H](CC(=O)O)C(C)C. The van der Waals surface area contributed by atoms with Gasteiger partial charge in [0.15, 0.2) is 0 Å². The van der Waals surface area contributed by atoms with Gasteiger partial charge in [0.1, 0.15) is 12.6 Å². The first-order chi connectivity index (χ1) is 15.3. The average molecular weight is 439 g/mol. The van der Waals surface area contributed by atoms with Crippen LogP contribution in [0.15, 0.2) is 48.5 Å². The maximum atomic E-state index is 12.6. The Labute approximate surface area is 188 Å². The van der Waals surface area contributed by atoms with E-state index < -0.39 is 30.1 Å². The molecule has 3 N–H and O–H groups in total. The molecule has 32 heavy (non-hydrogen) atoms. The summed E-state index contributed by atoms with van der Waals surface area (Å²) in [7, 11) is 0. The summed E-state index contributed by atoms with van der Waals surface area (Å²) in [6.45, 7) is 5.61. The Hall–Kier alpha value is -3.35. The molecule has 2 atom stereocenters. The highest BCUT2D eigenvalue weighted by Gasteiger charge is 2.30. The molecule has 1 aliphatic carbocycles. The van der Waals surface area contributed by atoms with Crippen molar-refractivity contribution < 1.29 is 24.2 Å². The Kier molecular flexibility index (Phi) is 7.51. The monoisotopic (exact) mass is 438 g/mol. The van der Waals surface area contributed by atoms with Crippen molar-refractivity contribution in [2.24, 2.45) is 5.92 Å². The Morgan fingerprint density at radius 2 is 1.53 bits per heavy atom. The van der Waals surface area contributed by atoms with E-state index in [1.807, 2.05) is 50.2 Å². The molecule has 0 saturated carbocycles. The summed E-state index contributed by atoms with van der Waals surface area (Å²) in [5, 5.41) is 14.4. The van der Waals surface area contributed by atoms with E-state index in [0.29, 0.717) is 6.42 Å². The van der Waals surface area contributed by atoms with Gasteiger partial charge in [-0.25, -0.2) is 4.79 Å². The molecule has 0 aromatic heterocycles. The predicted molar refractivity (Wildman–Crippen MR) is 121 cm³/mol. The lowest BCUT2D eigenvalue weighted by atomic mass is 9.98. The zero-order chi connectivity index (χ0) is 23.3. The van der Waals surface area contributed by atoms with Crippen molar-refractivity contribution in [3.05, 3.63) is 59.7 Å². The van der Waals surface area contributed by atoms with Gasteiger partial charge < -0.3 is 20.5 Å². The number of carbonyl (C=O) groups excluding carboxylic acids is 2. The van der Waals surface area contributed by atoms with Gasteiger partial charge in [0.05, 0.1) is 6.42 Å². The summed E-state index contributed by atoms with van der Waals surface area (Å²) in [5.74, 6) is -1.52. The van der Waals surface area contributed by atoms with Gasteiger partial charge in [-0.05, 0) is 34.6 Å². The van der Waals surface area contributed by atoms with Crippen molar-refractivity contribution in [2.75, 3.05) is 6.61 Å². The molecule has 0 aliphatic heterocycles. The van der Waals surface area contributed by atoms with E-state index in [2.05, 4.69) is 22.8 Å². The van der Waals surface area contributed by atoms with Crippen LogP contribution < -0.4 is 10.6 Å².